The lowest BCUT2D eigenvalue weighted by Crippen LogP contribution is -2.42. The number of aliphatic hydroxyl groups is 1. The molecule has 82 valence electrons. The number of likely N-dealkylation sites (tertiary alicyclic amines) is 1. The van der Waals surface area contributed by atoms with Crippen molar-refractivity contribution in [3.63, 3.8) is 0 Å². The largest absolute Gasteiger partial charge is 0.391 e. The van der Waals surface area contributed by atoms with Crippen LogP contribution in [0.2, 0.25) is 0 Å². The van der Waals surface area contributed by atoms with Gasteiger partial charge in [-0.1, -0.05) is 0 Å². The number of rotatable bonds is 4. The zero-order chi connectivity index (χ0) is 10.4. The van der Waals surface area contributed by atoms with Crippen LogP contribution in [0.4, 0.5) is 0 Å². The summed E-state index contributed by atoms with van der Waals surface area (Å²) in [6, 6.07) is 0. The van der Waals surface area contributed by atoms with Crippen LogP contribution in [0.5, 0.6) is 0 Å². The molecule has 1 amide bonds. The summed E-state index contributed by atoms with van der Waals surface area (Å²) in [5.41, 5.74) is 0. The molecule has 1 rings (SSSR count). The van der Waals surface area contributed by atoms with Crippen molar-refractivity contribution in [1.82, 2.24) is 10.2 Å². The molecular weight excluding hydrogens is 180 g/mol. The van der Waals surface area contributed by atoms with Gasteiger partial charge >= 0.3 is 0 Å². The van der Waals surface area contributed by atoms with E-state index in [1.54, 1.807) is 4.90 Å². The smallest absolute Gasteiger partial charge is 0.222 e. The average molecular weight is 200 g/mol. The molecule has 1 heterocycles. The van der Waals surface area contributed by atoms with Gasteiger partial charge in [0, 0.05) is 19.5 Å². The minimum Gasteiger partial charge on any atom is -0.391 e. The van der Waals surface area contributed by atoms with Gasteiger partial charge in [-0.05, 0) is 32.9 Å². The molecule has 0 radical (unpaired) electrons. The molecule has 1 aliphatic rings. The number of hydrogen-bond donors (Lipinski definition) is 2. The summed E-state index contributed by atoms with van der Waals surface area (Å²) in [5, 5.41) is 12.4. The van der Waals surface area contributed by atoms with Crippen molar-refractivity contribution in [1.29, 1.82) is 0 Å². The Morgan fingerprint density at radius 1 is 1.64 bits per heavy atom. The first-order valence-electron chi connectivity index (χ1n) is 5.34. The van der Waals surface area contributed by atoms with Gasteiger partial charge in [0.15, 0.2) is 0 Å². The second-order valence-electron chi connectivity index (χ2n) is 3.84. The van der Waals surface area contributed by atoms with Crippen LogP contribution in [0.25, 0.3) is 0 Å². The van der Waals surface area contributed by atoms with E-state index in [9.17, 15) is 9.90 Å². The molecule has 0 aromatic carbocycles. The fourth-order valence-electron chi connectivity index (χ4n) is 1.76. The third-order valence-corrected chi connectivity index (χ3v) is 2.57. The lowest BCUT2D eigenvalue weighted by molar-refractivity contribution is -0.134. The summed E-state index contributed by atoms with van der Waals surface area (Å²) in [6.45, 7) is 2.22. The molecule has 0 bridgehead atoms. The molecule has 4 nitrogen and oxygen atoms in total. The number of nitrogens with zero attached hydrogens (tertiary/aromatic N) is 1. The lowest BCUT2D eigenvalue weighted by atomic mass is 10.1. The number of carbonyl (C=O) groups excluding carboxylic acids is 1. The van der Waals surface area contributed by atoms with Gasteiger partial charge in [0.2, 0.25) is 5.91 Å². The van der Waals surface area contributed by atoms with E-state index in [2.05, 4.69) is 5.32 Å². The number of nitrogens with one attached hydrogen (secondary N) is 1. The number of carbonyl (C=O) groups is 1. The first kappa shape index (κ1) is 11.5. The normalized spacial score (nSPS) is 22.4. The van der Waals surface area contributed by atoms with E-state index in [0.29, 0.717) is 13.0 Å². The van der Waals surface area contributed by atoms with Gasteiger partial charge in [-0.2, -0.15) is 0 Å². The van der Waals surface area contributed by atoms with Crippen molar-refractivity contribution in [2.75, 3.05) is 26.7 Å². The summed E-state index contributed by atoms with van der Waals surface area (Å²) in [6.07, 6.45) is 2.92. The Bertz CT molecular complexity index is 185. The second-order valence-corrected chi connectivity index (χ2v) is 3.84. The maximum Gasteiger partial charge on any atom is 0.222 e. The van der Waals surface area contributed by atoms with Crippen molar-refractivity contribution in [3.05, 3.63) is 0 Å². The monoisotopic (exact) mass is 200 g/mol. The Kier molecular flexibility index (Phi) is 4.90. The van der Waals surface area contributed by atoms with Crippen LogP contribution in [0, 0.1) is 0 Å². The number of amides is 1. The summed E-state index contributed by atoms with van der Waals surface area (Å²) in [5.74, 6) is 0.180. The standard InChI is InChI=1S/C10H20N2O2/c1-11-6-2-5-10(14)12-7-3-4-9(13)8-12/h9,11,13H,2-8H2,1H3. The van der Waals surface area contributed by atoms with Crippen molar-refractivity contribution < 1.29 is 9.90 Å². The van der Waals surface area contributed by atoms with E-state index < -0.39 is 0 Å². The van der Waals surface area contributed by atoms with Crippen molar-refractivity contribution in [3.8, 4) is 0 Å². The average Bonchev–Trinajstić information content (AvgIpc) is 2.18. The Labute approximate surface area is 85.3 Å². The van der Waals surface area contributed by atoms with Gasteiger partial charge in [-0.25, -0.2) is 0 Å². The third-order valence-electron chi connectivity index (χ3n) is 2.57. The van der Waals surface area contributed by atoms with E-state index in [-0.39, 0.29) is 12.0 Å². The fraction of sp³-hybridized carbons (Fsp3) is 0.900. The van der Waals surface area contributed by atoms with Crippen LogP contribution in [0.15, 0.2) is 0 Å². The first-order chi connectivity index (χ1) is 6.74. The first-order valence-corrected chi connectivity index (χ1v) is 5.34. The maximum absolute atomic E-state index is 11.6. The van der Waals surface area contributed by atoms with E-state index in [4.69, 9.17) is 0 Å². The maximum atomic E-state index is 11.6. The summed E-state index contributed by atoms with van der Waals surface area (Å²) in [4.78, 5) is 13.4. The number of aliphatic hydroxyl groups excluding tert-OH is 1. The fourth-order valence-corrected chi connectivity index (χ4v) is 1.76. The predicted octanol–water partition coefficient (Wildman–Crippen LogP) is -0.0307. The molecule has 1 fully saturated rings. The van der Waals surface area contributed by atoms with Gasteiger partial charge in [-0.15, -0.1) is 0 Å². The zero-order valence-electron chi connectivity index (χ0n) is 8.83. The highest BCUT2D eigenvalue weighted by Gasteiger charge is 2.21. The van der Waals surface area contributed by atoms with Crippen LogP contribution < -0.4 is 5.32 Å². The molecule has 1 saturated heterocycles. The van der Waals surface area contributed by atoms with Crippen LogP contribution in [-0.2, 0) is 4.79 Å². The molecule has 2 N–H and O–H groups in total. The molecule has 4 heteroatoms. The third kappa shape index (κ3) is 3.64. The molecule has 1 atom stereocenters. The van der Waals surface area contributed by atoms with E-state index >= 15 is 0 Å². The molecule has 14 heavy (non-hydrogen) atoms. The van der Waals surface area contributed by atoms with Crippen molar-refractivity contribution >= 4 is 5.91 Å². The van der Waals surface area contributed by atoms with Crippen molar-refractivity contribution in [2.24, 2.45) is 0 Å². The molecule has 1 aliphatic heterocycles. The topological polar surface area (TPSA) is 52.6 Å². The summed E-state index contributed by atoms with van der Waals surface area (Å²) >= 11 is 0. The second kappa shape index (κ2) is 5.98. The Morgan fingerprint density at radius 3 is 3.07 bits per heavy atom. The van der Waals surface area contributed by atoms with Gasteiger partial charge < -0.3 is 15.3 Å². The Hall–Kier alpha value is -0.610. The van der Waals surface area contributed by atoms with E-state index in [1.807, 2.05) is 7.05 Å². The van der Waals surface area contributed by atoms with E-state index in [0.717, 1.165) is 32.4 Å². The summed E-state index contributed by atoms with van der Waals surface area (Å²) < 4.78 is 0. The minimum absolute atomic E-state index is 0.180. The molecular formula is C10H20N2O2. The van der Waals surface area contributed by atoms with Crippen LogP contribution >= 0.6 is 0 Å². The lowest BCUT2D eigenvalue weighted by Gasteiger charge is -2.30. The Balaban J connectivity index is 2.22. The van der Waals surface area contributed by atoms with Gasteiger partial charge in [0.05, 0.1) is 6.10 Å². The zero-order valence-corrected chi connectivity index (χ0v) is 8.83. The minimum atomic E-state index is -0.308. The van der Waals surface area contributed by atoms with Crippen LogP contribution in [0.3, 0.4) is 0 Å². The van der Waals surface area contributed by atoms with Gasteiger partial charge in [0.1, 0.15) is 0 Å². The molecule has 0 spiro atoms. The predicted molar refractivity (Wildman–Crippen MR) is 55.0 cm³/mol. The molecule has 1 unspecified atom stereocenters. The summed E-state index contributed by atoms with van der Waals surface area (Å²) in [7, 11) is 1.88. The molecule has 0 aliphatic carbocycles. The highest BCUT2D eigenvalue weighted by Crippen LogP contribution is 2.11. The van der Waals surface area contributed by atoms with Crippen LogP contribution in [0.1, 0.15) is 25.7 Å². The highest BCUT2D eigenvalue weighted by atomic mass is 16.3. The highest BCUT2D eigenvalue weighted by molar-refractivity contribution is 5.76. The number of hydrogen-bond acceptors (Lipinski definition) is 3. The quantitative estimate of drug-likeness (QED) is 0.627. The van der Waals surface area contributed by atoms with E-state index in [1.165, 1.54) is 0 Å². The Morgan fingerprint density at radius 2 is 2.43 bits per heavy atom. The van der Waals surface area contributed by atoms with Crippen molar-refractivity contribution in [2.45, 2.75) is 31.8 Å². The van der Waals surface area contributed by atoms with Gasteiger partial charge in [-0.3, -0.25) is 4.79 Å². The van der Waals surface area contributed by atoms with Gasteiger partial charge in [0.25, 0.3) is 0 Å². The molecule has 0 aromatic heterocycles. The molecule has 0 saturated carbocycles. The van der Waals surface area contributed by atoms with Crippen LogP contribution in [-0.4, -0.2) is 48.7 Å². The number of β-amino-alcohol motifs (C(OH)–C–C–N with tert-alkyl or cyclic N) is 1. The SMILES string of the molecule is CNCCCC(=O)N1CCCC(O)C1. The molecule has 0 aromatic rings. The number of piperidine rings is 1.